The molecule has 0 aromatic heterocycles. The fourth-order valence-corrected chi connectivity index (χ4v) is 4.63. The lowest BCUT2D eigenvalue weighted by Crippen LogP contribution is -2.21. The van der Waals surface area contributed by atoms with E-state index in [9.17, 15) is 0 Å². The molecule has 24 heavy (non-hydrogen) atoms. The van der Waals surface area contributed by atoms with Crippen LogP contribution in [0.4, 0.5) is 11.4 Å². The van der Waals surface area contributed by atoms with Gasteiger partial charge in [-0.15, -0.1) is 0 Å². The molecule has 0 radical (unpaired) electrons. The van der Waals surface area contributed by atoms with Crippen molar-refractivity contribution in [2.45, 2.75) is 38.4 Å². The second-order valence-corrected chi connectivity index (χ2v) is 9.44. The van der Waals surface area contributed by atoms with Gasteiger partial charge in [0.2, 0.25) is 9.04 Å². The number of hydrogen-bond acceptors (Lipinski definition) is 3. The van der Waals surface area contributed by atoms with E-state index >= 15 is 0 Å². The van der Waals surface area contributed by atoms with Crippen molar-refractivity contribution in [2.75, 3.05) is 23.3 Å². The van der Waals surface area contributed by atoms with Crippen LogP contribution in [0.25, 0.3) is 0 Å². The molecule has 1 atom stereocenters. The van der Waals surface area contributed by atoms with Crippen molar-refractivity contribution in [1.29, 1.82) is 0 Å². The molecule has 2 aliphatic rings. The zero-order valence-electron chi connectivity index (χ0n) is 14.6. The van der Waals surface area contributed by atoms with Crippen LogP contribution in [0.3, 0.4) is 0 Å². The van der Waals surface area contributed by atoms with E-state index in [0.29, 0.717) is 6.04 Å². The van der Waals surface area contributed by atoms with Gasteiger partial charge in [-0.3, -0.25) is 0 Å². The van der Waals surface area contributed by atoms with Crippen molar-refractivity contribution in [3.05, 3.63) is 53.6 Å². The van der Waals surface area contributed by atoms with Crippen LogP contribution < -0.4 is 14.6 Å². The van der Waals surface area contributed by atoms with Crippen LogP contribution in [0, 0.1) is 0 Å². The summed E-state index contributed by atoms with van der Waals surface area (Å²) in [4.78, 5) is 2.54. The first-order valence-corrected chi connectivity index (χ1v) is 11.9. The molecule has 126 valence electrons. The van der Waals surface area contributed by atoms with Gasteiger partial charge in [0, 0.05) is 18.8 Å². The number of nitrogens with one attached hydrogen (secondary N) is 1. The zero-order valence-corrected chi connectivity index (χ0v) is 15.7. The van der Waals surface area contributed by atoms with E-state index in [2.05, 4.69) is 65.8 Å². The monoisotopic (exact) mass is 338 g/mol. The van der Waals surface area contributed by atoms with E-state index < -0.39 is 9.04 Å². The molecule has 1 saturated heterocycles. The molecule has 0 spiro atoms. The van der Waals surface area contributed by atoms with Gasteiger partial charge >= 0.3 is 0 Å². The van der Waals surface area contributed by atoms with Gasteiger partial charge in [0.1, 0.15) is 5.75 Å². The molecule has 0 aliphatic carbocycles. The number of rotatable bonds is 4. The summed E-state index contributed by atoms with van der Waals surface area (Å²) in [6.07, 6.45) is 3.66. The SMILES string of the molecule is C[SiH](C)Oc1cccc2c1NC(c1ccccc1N1CCCC1)C2. The van der Waals surface area contributed by atoms with Gasteiger partial charge in [-0.25, -0.2) is 0 Å². The normalized spacial score (nSPS) is 19.5. The Bertz CT molecular complexity index is 725. The summed E-state index contributed by atoms with van der Waals surface area (Å²) < 4.78 is 6.14. The highest BCUT2D eigenvalue weighted by Gasteiger charge is 2.28. The van der Waals surface area contributed by atoms with E-state index in [4.69, 9.17) is 4.43 Å². The lowest BCUT2D eigenvalue weighted by atomic mass is 10.0. The fourth-order valence-electron chi connectivity index (χ4n) is 3.92. The number of para-hydroxylation sites is 2. The predicted octanol–water partition coefficient (Wildman–Crippen LogP) is 4.36. The van der Waals surface area contributed by atoms with E-state index in [1.807, 2.05) is 0 Å². The molecule has 2 aromatic rings. The lowest BCUT2D eigenvalue weighted by Gasteiger charge is -2.24. The molecule has 2 aliphatic heterocycles. The Kier molecular flexibility index (Phi) is 4.23. The van der Waals surface area contributed by atoms with E-state index in [-0.39, 0.29) is 0 Å². The highest BCUT2D eigenvalue weighted by Crippen LogP contribution is 2.43. The number of anilines is 2. The van der Waals surface area contributed by atoms with Crippen molar-refractivity contribution in [1.82, 2.24) is 0 Å². The van der Waals surface area contributed by atoms with Crippen molar-refractivity contribution in [3.8, 4) is 5.75 Å². The summed E-state index contributed by atoms with van der Waals surface area (Å²) in [6, 6.07) is 15.7. The molecule has 1 fully saturated rings. The molecule has 0 amide bonds. The standard InChI is InChI=1S/C20H26N2OSi/c1-24(2)23-19-11-7-8-15-14-17(21-20(15)19)16-9-3-4-10-18(16)22-12-5-6-13-22/h3-4,7-11,17,21,24H,5-6,12-14H2,1-2H3. The Morgan fingerprint density at radius 1 is 1.04 bits per heavy atom. The minimum atomic E-state index is -1.10. The summed E-state index contributed by atoms with van der Waals surface area (Å²) in [5.41, 5.74) is 5.41. The van der Waals surface area contributed by atoms with Crippen molar-refractivity contribution in [3.63, 3.8) is 0 Å². The smallest absolute Gasteiger partial charge is 0.229 e. The molecule has 2 heterocycles. The Morgan fingerprint density at radius 3 is 2.62 bits per heavy atom. The molecular formula is C20H26N2OSi. The Morgan fingerprint density at radius 2 is 1.83 bits per heavy atom. The molecule has 1 N–H and O–H groups in total. The van der Waals surface area contributed by atoms with Crippen LogP contribution in [0.2, 0.25) is 13.1 Å². The first-order chi connectivity index (χ1) is 11.7. The van der Waals surface area contributed by atoms with E-state index in [1.54, 1.807) is 0 Å². The summed E-state index contributed by atoms with van der Waals surface area (Å²) in [5.74, 6) is 1.04. The lowest BCUT2D eigenvalue weighted by molar-refractivity contribution is 0.582. The van der Waals surface area contributed by atoms with Crippen LogP contribution in [-0.2, 0) is 6.42 Å². The van der Waals surface area contributed by atoms with Crippen LogP contribution >= 0.6 is 0 Å². The van der Waals surface area contributed by atoms with Crippen LogP contribution in [0.5, 0.6) is 5.75 Å². The number of nitrogens with zero attached hydrogens (tertiary/aromatic N) is 1. The molecule has 3 nitrogen and oxygen atoms in total. The van der Waals surface area contributed by atoms with Gasteiger partial charge < -0.3 is 14.6 Å². The van der Waals surface area contributed by atoms with Crippen molar-refractivity contribution >= 4 is 20.4 Å². The zero-order chi connectivity index (χ0) is 16.5. The molecule has 4 heteroatoms. The third-order valence-electron chi connectivity index (χ3n) is 4.98. The summed E-state index contributed by atoms with van der Waals surface area (Å²) in [7, 11) is -1.10. The Hall–Kier alpha value is -1.94. The molecule has 1 unspecified atom stereocenters. The quantitative estimate of drug-likeness (QED) is 0.838. The number of fused-ring (bicyclic) bond motifs is 1. The minimum absolute atomic E-state index is 0.343. The van der Waals surface area contributed by atoms with Gasteiger partial charge in [0.15, 0.2) is 0 Å². The third-order valence-corrected chi connectivity index (χ3v) is 5.70. The molecule has 4 rings (SSSR count). The van der Waals surface area contributed by atoms with Gasteiger partial charge in [0.25, 0.3) is 0 Å². The fraction of sp³-hybridized carbons (Fsp3) is 0.400. The van der Waals surface area contributed by atoms with Gasteiger partial charge in [-0.05, 0) is 55.6 Å². The highest BCUT2D eigenvalue weighted by molar-refractivity contribution is 6.49. The van der Waals surface area contributed by atoms with Gasteiger partial charge in [-0.1, -0.05) is 30.3 Å². The largest absolute Gasteiger partial charge is 0.546 e. The first kappa shape index (κ1) is 15.6. The summed E-state index contributed by atoms with van der Waals surface area (Å²) >= 11 is 0. The molecule has 0 bridgehead atoms. The maximum absolute atomic E-state index is 6.14. The molecule has 0 saturated carbocycles. The van der Waals surface area contributed by atoms with Gasteiger partial charge in [0.05, 0.1) is 11.7 Å². The highest BCUT2D eigenvalue weighted by atomic mass is 28.3. The average molecular weight is 339 g/mol. The predicted molar refractivity (Wildman–Crippen MR) is 104 cm³/mol. The summed E-state index contributed by atoms with van der Waals surface area (Å²) in [6.45, 7) is 6.80. The second kappa shape index (κ2) is 6.52. The van der Waals surface area contributed by atoms with E-state index in [0.717, 1.165) is 12.2 Å². The average Bonchev–Trinajstić information content (AvgIpc) is 3.24. The van der Waals surface area contributed by atoms with Crippen LogP contribution in [-0.4, -0.2) is 22.1 Å². The third kappa shape index (κ3) is 2.91. The molecule has 2 aromatic carbocycles. The summed E-state index contributed by atoms with van der Waals surface area (Å²) in [5, 5.41) is 3.76. The second-order valence-electron chi connectivity index (χ2n) is 7.11. The molecular weight excluding hydrogens is 312 g/mol. The minimum Gasteiger partial charge on any atom is -0.546 e. The van der Waals surface area contributed by atoms with E-state index in [1.165, 1.54) is 48.4 Å². The van der Waals surface area contributed by atoms with Crippen LogP contribution in [0.1, 0.15) is 30.0 Å². The van der Waals surface area contributed by atoms with Crippen molar-refractivity contribution < 1.29 is 4.43 Å². The maximum atomic E-state index is 6.14. The van der Waals surface area contributed by atoms with Gasteiger partial charge in [-0.2, -0.15) is 0 Å². The maximum Gasteiger partial charge on any atom is 0.229 e. The Balaban J connectivity index is 1.63. The topological polar surface area (TPSA) is 24.5 Å². The van der Waals surface area contributed by atoms with Crippen molar-refractivity contribution in [2.24, 2.45) is 0 Å². The number of hydrogen-bond donors (Lipinski definition) is 1. The number of benzene rings is 2. The van der Waals surface area contributed by atoms with Crippen LogP contribution in [0.15, 0.2) is 42.5 Å². The first-order valence-electron chi connectivity index (χ1n) is 9.11. The Labute approximate surface area is 146 Å².